The molecule has 1 aliphatic rings. The molecule has 0 amide bonds. The minimum atomic E-state index is 0.820. The normalized spacial score (nSPS) is 12.5. The lowest BCUT2D eigenvalue weighted by Crippen LogP contribution is -2.01. The first-order valence-electron chi connectivity index (χ1n) is 16.4. The highest BCUT2D eigenvalue weighted by Crippen LogP contribution is 2.39. The van der Waals surface area contributed by atoms with Gasteiger partial charge in [-0.25, -0.2) is 0 Å². The average molecular weight is 604 g/mol. The van der Waals surface area contributed by atoms with Gasteiger partial charge in [-0.2, -0.15) is 0 Å². The van der Waals surface area contributed by atoms with E-state index in [-0.39, 0.29) is 0 Å². The molecule has 9 rings (SSSR count). The van der Waals surface area contributed by atoms with Crippen LogP contribution in [0.4, 0.5) is 0 Å². The van der Waals surface area contributed by atoms with Gasteiger partial charge in [-0.1, -0.05) is 115 Å². The van der Waals surface area contributed by atoms with Gasteiger partial charge in [-0.3, -0.25) is 0 Å². The highest BCUT2D eigenvalue weighted by atomic mass is 16.5. The lowest BCUT2D eigenvalue weighted by Gasteiger charge is -2.17. The van der Waals surface area contributed by atoms with Crippen molar-refractivity contribution >= 4 is 38.5 Å². The number of aryl methyl sites for hydroxylation is 2. The second-order valence-corrected chi connectivity index (χ2v) is 12.5. The standard InChI is InChI=1S/C45H33NO/c1-30-18-27-36(38-11-3-2-10-35(30)38)31-19-23-33(24-20-31)47-34-25-21-32(22-26-34)37-28-29-45(40-13-5-4-12-39(37)40)46-43-16-8-6-14-41(43)42-15-7-9-17-44(42)46/h2-6,8-14,16-29H,7,15H2,1H3. The lowest BCUT2D eigenvalue weighted by molar-refractivity contribution is 0.483. The van der Waals surface area contributed by atoms with Crippen LogP contribution in [0.15, 0.2) is 152 Å². The number of nitrogens with zero attached hydrogens (tertiary/aromatic N) is 1. The molecule has 0 bridgehead atoms. The van der Waals surface area contributed by atoms with E-state index in [4.69, 9.17) is 4.74 Å². The molecule has 47 heavy (non-hydrogen) atoms. The summed E-state index contributed by atoms with van der Waals surface area (Å²) in [6, 6.07) is 52.1. The van der Waals surface area contributed by atoms with E-state index in [0.29, 0.717) is 0 Å². The van der Waals surface area contributed by atoms with Gasteiger partial charge in [0.2, 0.25) is 0 Å². The summed E-state index contributed by atoms with van der Waals surface area (Å²) in [6.45, 7) is 2.17. The smallest absolute Gasteiger partial charge is 0.127 e. The molecule has 0 radical (unpaired) electrons. The van der Waals surface area contributed by atoms with Crippen molar-refractivity contribution < 1.29 is 4.74 Å². The number of allylic oxidation sites excluding steroid dienone is 1. The van der Waals surface area contributed by atoms with E-state index in [1.165, 1.54) is 77.2 Å². The Morgan fingerprint density at radius 1 is 0.511 bits per heavy atom. The van der Waals surface area contributed by atoms with E-state index in [1.807, 2.05) is 0 Å². The molecule has 0 saturated carbocycles. The molecule has 0 aliphatic heterocycles. The minimum Gasteiger partial charge on any atom is -0.457 e. The van der Waals surface area contributed by atoms with Crippen LogP contribution in [0.1, 0.15) is 23.2 Å². The lowest BCUT2D eigenvalue weighted by atomic mass is 9.95. The van der Waals surface area contributed by atoms with Crippen LogP contribution in [0, 0.1) is 6.92 Å². The van der Waals surface area contributed by atoms with Gasteiger partial charge >= 0.3 is 0 Å². The summed E-state index contributed by atoms with van der Waals surface area (Å²) in [7, 11) is 0. The third-order valence-corrected chi connectivity index (χ3v) is 9.71. The van der Waals surface area contributed by atoms with Crippen LogP contribution in [0.5, 0.6) is 11.5 Å². The molecule has 2 heteroatoms. The monoisotopic (exact) mass is 603 g/mol. The molecule has 1 aromatic heterocycles. The Bertz CT molecular complexity index is 2480. The zero-order chi connectivity index (χ0) is 31.3. The third kappa shape index (κ3) is 4.64. The fourth-order valence-electron chi connectivity index (χ4n) is 7.42. The summed E-state index contributed by atoms with van der Waals surface area (Å²) in [5.74, 6) is 1.64. The molecule has 2 nitrogen and oxygen atoms in total. The molecule has 1 heterocycles. The molecule has 0 fully saturated rings. The number of rotatable bonds is 5. The summed E-state index contributed by atoms with van der Waals surface area (Å²) in [6.07, 6.45) is 6.78. The zero-order valence-corrected chi connectivity index (χ0v) is 26.3. The van der Waals surface area contributed by atoms with Crippen LogP contribution in [-0.2, 0) is 6.42 Å². The molecule has 8 aromatic rings. The van der Waals surface area contributed by atoms with Crippen LogP contribution in [0.2, 0.25) is 0 Å². The van der Waals surface area contributed by atoms with Crippen LogP contribution >= 0.6 is 0 Å². The second kappa shape index (κ2) is 11.2. The number of ether oxygens (including phenoxy) is 1. The van der Waals surface area contributed by atoms with Crippen molar-refractivity contribution in [1.29, 1.82) is 0 Å². The van der Waals surface area contributed by atoms with Crippen molar-refractivity contribution in [3.05, 3.63) is 168 Å². The highest BCUT2D eigenvalue weighted by molar-refractivity contribution is 6.03. The summed E-state index contributed by atoms with van der Waals surface area (Å²) >= 11 is 0. The van der Waals surface area contributed by atoms with Crippen molar-refractivity contribution in [2.45, 2.75) is 19.8 Å². The molecule has 0 atom stereocenters. The fraction of sp³-hybridized carbons (Fsp3) is 0.0667. The number of para-hydroxylation sites is 1. The number of aromatic nitrogens is 1. The van der Waals surface area contributed by atoms with Gasteiger partial charge in [0.05, 0.1) is 11.2 Å². The number of hydrogen-bond acceptors (Lipinski definition) is 1. The summed E-state index contributed by atoms with van der Waals surface area (Å²) < 4.78 is 8.76. The van der Waals surface area contributed by atoms with Gasteiger partial charge in [0.15, 0.2) is 0 Å². The van der Waals surface area contributed by atoms with Crippen LogP contribution in [0.3, 0.4) is 0 Å². The van der Waals surface area contributed by atoms with Gasteiger partial charge in [0, 0.05) is 16.5 Å². The molecule has 0 spiro atoms. The van der Waals surface area contributed by atoms with Crippen molar-refractivity contribution in [3.63, 3.8) is 0 Å². The van der Waals surface area contributed by atoms with Crippen molar-refractivity contribution in [2.24, 2.45) is 0 Å². The Balaban J connectivity index is 1.03. The molecule has 7 aromatic carbocycles. The van der Waals surface area contributed by atoms with Gasteiger partial charge in [0.25, 0.3) is 0 Å². The van der Waals surface area contributed by atoms with Gasteiger partial charge < -0.3 is 9.30 Å². The number of fused-ring (bicyclic) bond motifs is 5. The predicted molar refractivity (Wildman–Crippen MR) is 198 cm³/mol. The molecule has 0 N–H and O–H groups in total. The van der Waals surface area contributed by atoms with E-state index in [0.717, 1.165) is 24.3 Å². The summed E-state index contributed by atoms with van der Waals surface area (Å²) in [5.41, 5.74) is 11.3. The third-order valence-electron chi connectivity index (χ3n) is 9.71. The first-order valence-corrected chi connectivity index (χ1v) is 16.4. The summed E-state index contributed by atoms with van der Waals surface area (Å²) in [4.78, 5) is 0. The van der Waals surface area contributed by atoms with E-state index >= 15 is 0 Å². The van der Waals surface area contributed by atoms with Crippen molar-refractivity contribution in [2.75, 3.05) is 0 Å². The van der Waals surface area contributed by atoms with Gasteiger partial charge in [-0.05, 0) is 112 Å². The number of benzene rings is 7. The Morgan fingerprint density at radius 3 is 1.74 bits per heavy atom. The Hall–Kier alpha value is -5.86. The first kappa shape index (κ1) is 27.5. The van der Waals surface area contributed by atoms with Crippen LogP contribution in [0.25, 0.3) is 66.5 Å². The topological polar surface area (TPSA) is 14.2 Å². The maximum absolute atomic E-state index is 6.31. The maximum atomic E-state index is 6.31. The number of hydrogen-bond donors (Lipinski definition) is 0. The minimum absolute atomic E-state index is 0.820. The Morgan fingerprint density at radius 2 is 1.06 bits per heavy atom. The van der Waals surface area contributed by atoms with Crippen molar-refractivity contribution in [3.8, 4) is 39.4 Å². The molecule has 1 aliphatic carbocycles. The van der Waals surface area contributed by atoms with Crippen LogP contribution < -0.4 is 4.74 Å². The quantitative estimate of drug-likeness (QED) is 0.191. The van der Waals surface area contributed by atoms with E-state index < -0.39 is 0 Å². The maximum Gasteiger partial charge on any atom is 0.127 e. The Kier molecular flexibility index (Phi) is 6.53. The molecular weight excluding hydrogens is 571 g/mol. The largest absolute Gasteiger partial charge is 0.457 e. The summed E-state index contributed by atoms with van der Waals surface area (Å²) in [5, 5.41) is 6.41. The predicted octanol–water partition coefficient (Wildman–Crippen LogP) is 12.3. The molecular formula is C45H33NO. The molecule has 0 saturated heterocycles. The molecule has 224 valence electrons. The highest BCUT2D eigenvalue weighted by Gasteiger charge is 2.20. The SMILES string of the molecule is Cc1ccc(-c2ccc(Oc3ccc(-c4ccc(-n5c6c(c7ccccc75)CCC=C6)c5ccccc45)cc3)cc2)c2ccccc12. The Labute approximate surface area is 274 Å². The fourth-order valence-corrected chi connectivity index (χ4v) is 7.42. The van der Waals surface area contributed by atoms with Gasteiger partial charge in [-0.15, -0.1) is 0 Å². The average Bonchev–Trinajstić information content (AvgIpc) is 3.47. The molecule has 0 unspecified atom stereocenters. The second-order valence-electron chi connectivity index (χ2n) is 12.5. The van der Waals surface area contributed by atoms with E-state index in [9.17, 15) is 0 Å². The first-order chi connectivity index (χ1) is 23.2. The van der Waals surface area contributed by atoms with Crippen molar-refractivity contribution in [1.82, 2.24) is 4.57 Å². The van der Waals surface area contributed by atoms with Crippen LogP contribution in [-0.4, -0.2) is 4.57 Å². The van der Waals surface area contributed by atoms with E-state index in [1.54, 1.807) is 0 Å². The van der Waals surface area contributed by atoms with Gasteiger partial charge in [0.1, 0.15) is 11.5 Å². The zero-order valence-electron chi connectivity index (χ0n) is 26.3. The van der Waals surface area contributed by atoms with E-state index in [2.05, 4.69) is 169 Å².